The molecule has 0 saturated carbocycles. The summed E-state index contributed by atoms with van der Waals surface area (Å²) >= 11 is 0. The number of sulfonamides is 1. The molecule has 0 unspecified atom stereocenters. The Morgan fingerprint density at radius 3 is 2.42 bits per heavy atom. The lowest BCUT2D eigenvalue weighted by atomic mass is 10.1. The van der Waals surface area contributed by atoms with Crippen LogP contribution in [0.1, 0.15) is 24.0 Å². The van der Waals surface area contributed by atoms with Gasteiger partial charge in [0, 0.05) is 19.2 Å². The van der Waals surface area contributed by atoms with Crippen LogP contribution in [-0.4, -0.2) is 31.9 Å². The molecule has 1 heterocycles. The van der Waals surface area contributed by atoms with Gasteiger partial charge in [0.15, 0.2) is 0 Å². The van der Waals surface area contributed by atoms with Gasteiger partial charge in [-0.1, -0.05) is 17.7 Å². The highest BCUT2D eigenvalue weighted by Crippen LogP contribution is 2.23. The molecular weight excluding hydrogens is 360 g/mol. The third kappa shape index (κ3) is 4.47. The third-order valence-electron chi connectivity index (χ3n) is 4.41. The van der Waals surface area contributed by atoms with E-state index in [1.807, 2.05) is 6.92 Å². The number of halogens is 2. The van der Waals surface area contributed by atoms with Crippen LogP contribution < -0.4 is 0 Å². The zero-order valence-corrected chi connectivity index (χ0v) is 15.3. The lowest BCUT2D eigenvalue weighted by Crippen LogP contribution is -2.43. The minimum atomic E-state index is -3.57. The molecular formula is C19H21F2NO3S. The van der Waals surface area contributed by atoms with Crippen LogP contribution in [0.15, 0.2) is 47.4 Å². The summed E-state index contributed by atoms with van der Waals surface area (Å²) in [6.07, 6.45) is 1.07. The quantitative estimate of drug-likeness (QED) is 0.794. The summed E-state index contributed by atoms with van der Waals surface area (Å²) in [6, 6.07) is 9.97. The van der Waals surface area contributed by atoms with Gasteiger partial charge in [-0.2, -0.15) is 4.31 Å². The lowest BCUT2D eigenvalue weighted by Gasteiger charge is -2.32. The van der Waals surface area contributed by atoms with Crippen molar-refractivity contribution in [2.75, 3.05) is 13.1 Å². The van der Waals surface area contributed by atoms with Crippen LogP contribution in [0.3, 0.4) is 0 Å². The first kappa shape index (κ1) is 18.9. The monoisotopic (exact) mass is 381 g/mol. The molecule has 1 saturated heterocycles. The fourth-order valence-corrected chi connectivity index (χ4v) is 4.54. The SMILES string of the molecule is Cc1ccc(S(=O)(=O)N2CCC[C@H](OCc3cc(F)cc(F)c3)C2)cc1. The molecule has 3 rings (SSSR count). The first-order valence-corrected chi connectivity index (χ1v) is 9.92. The fraction of sp³-hybridized carbons (Fsp3) is 0.368. The van der Waals surface area contributed by atoms with Gasteiger partial charge >= 0.3 is 0 Å². The summed E-state index contributed by atoms with van der Waals surface area (Å²) in [4.78, 5) is 0.260. The van der Waals surface area contributed by atoms with Gasteiger partial charge in [-0.15, -0.1) is 0 Å². The molecule has 0 N–H and O–H groups in total. The maximum Gasteiger partial charge on any atom is 0.243 e. The fourth-order valence-electron chi connectivity index (χ4n) is 3.03. The van der Waals surface area contributed by atoms with Crippen molar-refractivity contribution in [3.05, 3.63) is 65.2 Å². The van der Waals surface area contributed by atoms with Gasteiger partial charge in [0.05, 0.1) is 17.6 Å². The van der Waals surface area contributed by atoms with Gasteiger partial charge in [0.1, 0.15) is 11.6 Å². The summed E-state index contributed by atoms with van der Waals surface area (Å²) in [6.45, 7) is 2.60. The molecule has 1 aliphatic rings. The molecule has 0 radical (unpaired) electrons. The van der Waals surface area contributed by atoms with Gasteiger partial charge in [-0.3, -0.25) is 0 Å². The Bertz CT molecular complexity index is 849. The molecule has 1 aliphatic heterocycles. The van der Waals surface area contributed by atoms with E-state index in [4.69, 9.17) is 4.74 Å². The zero-order chi connectivity index (χ0) is 18.7. The minimum Gasteiger partial charge on any atom is -0.372 e. The summed E-state index contributed by atoms with van der Waals surface area (Å²) in [5.74, 6) is -1.31. The van der Waals surface area contributed by atoms with E-state index in [1.165, 1.54) is 16.4 Å². The number of nitrogens with zero attached hydrogens (tertiary/aromatic N) is 1. The van der Waals surface area contributed by atoms with E-state index < -0.39 is 21.7 Å². The Hall–Kier alpha value is -1.83. The molecule has 140 valence electrons. The standard InChI is InChI=1S/C19H21F2NO3S/c1-14-4-6-19(7-5-14)26(23,24)22-8-2-3-18(12-22)25-13-15-9-16(20)11-17(21)10-15/h4-7,9-11,18H,2-3,8,12-13H2,1H3/t18-/m0/s1. The number of piperidine rings is 1. The molecule has 4 nitrogen and oxygen atoms in total. The Morgan fingerprint density at radius 1 is 1.12 bits per heavy atom. The highest BCUT2D eigenvalue weighted by Gasteiger charge is 2.30. The molecule has 0 bridgehead atoms. The lowest BCUT2D eigenvalue weighted by molar-refractivity contribution is 0.00792. The highest BCUT2D eigenvalue weighted by atomic mass is 32.2. The predicted molar refractivity (Wildman–Crippen MR) is 94.1 cm³/mol. The molecule has 2 aromatic rings. The number of aryl methyl sites for hydroxylation is 1. The third-order valence-corrected chi connectivity index (χ3v) is 6.29. The molecule has 0 aliphatic carbocycles. The van der Waals surface area contributed by atoms with Crippen LogP contribution in [0.4, 0.5) is 8.78 Å². The molecule has 1 fully saturated rings. The number of ether oxygens (including phenoxy) is 1. The molecule has 7 heteroatoms. The van der Waals surface area contributed by atoms with Crippen molar-refractivity contribution in [3.8, 4) is 0 Å². The minimum absolute atomic E-state index is 0.0395. The summed E-state index contributed by atoms with van der Waals surface area (Å²) in [5, 5.41) is 0. The first-order chi connectivity index (χ1) is 12.3. The van der Waals surface area contributed by atoms with Gasteiger partial charge < -0.3 is 4.74 Å². The topological polar surface area (TPSA) is 46.6 Å². The van der Waals surface area contributed by atoms with Crippen molar-refractivity contribution in [2.24, 2.45) is 0 Å². The molecule has 0 aromatic heterocycles. The number of hydrogen-bond donors (Lipinski definition) is 0. The van der Waals surface area contributed by atoms with Crippen LogP contribution >= 0.6 is 0 Å². The predicted octanol–water partition coefficient (Wildman–Crippen LogP) is 3.64. The van der Waals surface area contributed by atoms with E-state index in [2.05, 4.69) is 0 Å². The van der Waals surface area contributed by atoms with Crippen molar-refractivity contribution in [1.82, 2.24) is 4.31 Å². The van der Waals surface area contributed by atoms with E-state index in [1.54, 1.807) is 24.3 Å². The number of benzene rings is 2. The molecule has 0 amide bonds. The van der Waals surface area contributed by atoms with Crippen molar-refractivity contribution in [3.63, 3.8) is 0 Å². The van der Waals surface area contributed by atoms with Crippen molar-refractivity contribution in [2.45, 2.75) is 37.4 Å². The molecule has 2 aromatic carbocycles. The van der Waals surface area contributed by atoms with E-state index in [0.717, 1.165) is 11.6 Å². The number of rotatable bonds is 5. The van der Waals surface area contributed by atoms with Crippen LogP contribution in [0, 0.1) is 18.6 Å². The Kier molecular flexibility index (Phi) is 5.70. The second-order valence-corrected chi connectivity index (χ2v) is 8.47. The zero-order valence-electron chi connectivity index (χ0n) is 14.5. The molecule has 0 spiro atoms. The van der Waals surface area contributed by atoms with Crippen LogP contribution in [0.2, 0.25) is 0 Å². The van der Waals surface area contributed by atoms with Crippen LogP contribution in [-0.2, 0) is 21.4 Å². The highest BCUT2D eigenvalue weighted by molar-refractivity contribution is 7.89. The van der Waals surface area contributed by atoms with Gasteiger partial charge in [-0.05, 0) is 49.6 Å². The maximum absolute atomic E-state index is 13.2. The van der Waals surface area contributed by atoms with Gasteiger partial charge in [0.25, 0.3) is 0 Å². The normalized spacial score (nSPS) is 18.8. The maximum atomic E-state index is 13.2. The summed E-state index contributed by atoms with van der Waals surface area (Å²) in [5.41, 5.74) is 1.38. The van der Waals surface area contributed by atoms with Gasteiger partial charge in [-0.25, -0.2) is 17.2 Å². The smallest absolute Gasteiger partial charge is 0.243 e. The Labute approximate surface area is 152 Å². The second-order valence-electron chi connectivity index (χ2n) is 6.53. The Morgan fingerprint density at radius 2 is 1.77 bits per heavy atom. The largest absolute Gasteiger partial charge is 0.372 e. The van der Waals surface area contributed by atoms with E-state index in [0.29, 0.717) is 24.9 Å². The molecule has 1 atom stereocenters. The van der Waals surface area contributed by atoms with Crippen molar-refractivity contribution < 1.29 is 21.9 Å². The summed E-state index contributed by atoms with van der Waals surface area (Å²) in [7, 11) is -3.57. The number of hydrogen-bond acceptors (Lipinski definition) is 3. The van der Waals surface area contributed by atoms with Crippen molar-refractivity contribution >= 4 is 10.0 Å². The Balaban J connectivity index is 1.66. The van der Waals surface area contributed by atoms with E-state index in [-0.39, 0.29) is 24.2 Å². The van der Waals surface area contributed by atoms with Crippen molar-refractivity contribution in [1.29, 1.82) is 0 Å². The van der Waals surface area contributed by atoms with E-state index >= 15 is 0 Å². The average molecular weight is 381 g/mol. The first-order valence-electron chi connectivity index (χ1n) is 8.48. The van der Waals surface area contributed by atoms with Gasteiger partial charge in [0.2, 0.25) is 10.0 Å². The van der Waals surface area contributed by atoms with Crippen LogP contribution in [0.5, 0.6) is 0 Å². The van der Waals surface area contributed by atoms with E-state index in [9.17, 15) is 17.2 Å². The average Bonchev–Trinajstić information content (AvgIpc) is 2.60. The summed E-state index contributed by atoms with van der Waals surface area (Å²) < 4.78 is 59.2. The second kappa shape index (κ2) is 7.82. The van der Waals surface area contributed by atoms with Crippen LogP contribution in [0.25, 0.3) is 0 Å². The molecule has 26 heavy (non-hydrogen) atoms.